The number of nitrogens with zero attached hydrogens (tertiary/aromatic N) is 1. The number of hydrogen-bond donors (Lipinski definition) is 0. The topological polar surface area (TPSA) is 37.4 Å². The zero-order valence-corrected chi connectivity index (χ0v) is 17.0. The summed E-state index contributed by atoms with van der Waals surface area (Å²) in [6, 6.07) is 19.9. The van der Waals surface area contributed by atoms with Gasteiger partial charge in [0, 0.05) is 17.6 Å². The summed E-state index contributed by atoms with van der Waals surface area (Å²) in [5, 5.41) is 0. The molecule has 1 saturated carbocycles. The number of hydrogen-bond acceptors (Lipinski definition) is 2. The number of rotatable bonds is 5. The van der Waals surface area contributed by atoms with Crippen LogP contribution in [0.4, 0.5) is 0 Å². The van der Waals surface area contributed by atoms with Crippen LogP contribution >= 0.6 is 0 Å². The zero-order chi connectivity index (χ0) is 20.1. The van der Waals surface area contributed by atoms with Crippen molar-refractivity contribution in [2.45, 2.75) is 57.9 Å². The molecule has 150 valence electrons. The van der Waals surface area contributed by atoms with Crippen molar-refractivity contribution in [2.24, 2.45) is 5.92 Å². The average molecular weight is 388 g/mol. The summed E-state index contributed by atoms with van der Waals surface area (Å²) < 4.78 is 0. The Hall–Kier alpha value is -2.68. The van der Waals surface area contributed by atoms with E-state index in [1.807, 2.05) is 60.7 Å². The highest BCUT2D eigenvalue weighted by Crippen LogP contribution is 2.36. The van der Waals surface area contributed by atoms with Crippen molar-refractivity contribution in [2.75, 3.05) is 0 Å². The quantitative estimate of drug-likeness (QED) is 0.639. The third-order valence-electron chi connectivity index (χ3n) is 6.22. The van der Waals surface area contributed by atoms with E-state index in [1.54, 1.807) is 0 Å². The Balaban J connectivity index is 1.66. The van der Waals surface area contributed by atoms with Gasteiger partial charge in [-0.1, -0.05) is 92.8 Å². The van der Waals surface area contributed by atoms with E-state index in [2.05, 4.69) is 0 Å². The summed E-state index contributed by atoms with van der Waals surface area (Å²) in [5.74, 6) is 0.0568. The second-order valence-corrected chi connectivity index (χ2v) is 8.28. The maximum Gasteiger partial charge on any atom is 0.257 e. The van der Waals surface area contributed by atoms with Gasteiger partial charge >= 0.3 is 0 Å². The predicted molar refractivity (Wildman–Crippen MR) is 115 cm³/mol. The molecule has 1 aliphatic heterocycles. The van der Waals surface area contributed by atoms with Crippen LogP contribution < -0.4 is 0 Å². The monoisotopic (exact) mass is 387 g/mol. The van der Waals surface area contributed by atoms with Gasteiger partial charge in [0.15, 0.2) is 0 Å². The summed E-state index contributed by atoms with van der Waals surface area (Å²) in [6.07, 6.45) is 8.62. The lowest BCUT2D eigenvalue weighted by Gasteiger charge is -2.22. The number of carbonyl (C=O) groups is 2. The molecule has 1 heterocycles. The van der Waals surface area contributed by atoms with Crippen LogP contribution in [0.1, 0.15) is 56.1 Å². The Kier molecular flexibility index (Phi) is 6.24. The maximum atomic E-state index is 13.5. The van der Waals surface area contributed by atoms with Crippen LogP contribution in [-0.2, 0) is 22.6 Å². The van der Waals surface area contributed by atoms with Gasteiger partial charge in [0.1, 0.15) is 0 Å². The third kappa shape index (κ3) is 4.50. The lowest BCUT2D eigenvalue weighted by Crippen LogP contribution is -2.32. The van der Waals surface area contributed by atoms with Gasteiger partial charge in [-0.2, -0.15) is 0 Å². The first-order valence-corrected chi connectivity index (χ1v) is 10.9. The molecule has 2 aliphatic rings. The van der Waals surface area contributed by atoms with Gasteiger partial charge in [-0.05, 0) is 29.9 Å². The first kappa shape index (κ1) is 19.6. The molecule has 0 aromatic heterocycles. The molecular weight excluding hydrogens is 358 g/mol. The average Bonchev–Trinajstić information content (AvgIpc) is 2.94. The molecule has 0 atom stereocenters. The normalized spacial score (nSPS) is 18.8. The molecule has 29 heavy (non-hydrogen) atoms. The van der Waals surface area contributed by atoms with E-state index in [9.17, 15) is 9.59 Å². The van der Waals surface area contributed by atoms with Crippen molar-refractivity contribution in [1.29, 1.82) is 0 Å². The molecule has 4 rings (SSSR count). The Morgan fingerprint density at radius 1 is 0.690 bits per heavy atom. The SMILES string of the molecule is O=C1C(Cc2ccccc2)=C(C2CCCCCCC2)C(=O)N1Cc1ccccc1. The molecule has 0 unspecified atom stereocenters. The minimum atomic E-state index is -0.0974. The first-order chi connectivity index (χ1) is 14.2. The summed E-state index contributed by atoms with van der Waals surface area (Å²) in [6.45, 7) is 0.354. The first-order valence-electron chi connectivity index (χ1n) is 10.9. The summed E-state index contributed by atoms with van der Waals surface area (Å²) in [7, 11) is 0. The zero-order valence-electron chi connectivity index (χ0n) is 17.0. The fourth-order valence-corrected chi connectivity index (χ4v) is 4.69. The van der Waals surface area contributed by atoms with Gasteiger partial charge in [0.25, 0.3) is 11.8 Å². The summed E-state index contributed by atoms with van der Waals surface area (Å²) in [4.78, 5) is 28.3. The standard InChI is InChI=1S/C26H29NO2/c28-25-23(18-20-12-6-4-7-13-20)24(22-16-10-2-1-3-11-17-22)26(29)27(25)19-21-14-8-5-9-15-21/h4-9,12-15,22H,1-3,10-11,16-19H2. The minimum Gasteiger partial charge on any atom is -0.270 e. The van der Waals surface area contributed by atoms with E-state index in [-0.39, 0.29) is 17.7 Å². The molecule has 1 fully saturated rings. The smallest absolute Gasteiger partial charge is 0.257 e. The fraction of sp³-hybridized carbons (Fsp3) is 0.385. The lowest BCUT2D eigenvalue weighted by molar-refractivity contribution is -0.138. The van der Waals surface area contributed by atoms with Crippen molar-refractivity contribution in [3.8, 4) is 0 Å². The Morgan fingerprint density at radius 3 is 1.86 bits per heavy atom. The largest absolute Gasteiger partial charge is 0.270 e. The molecule has 2 aromatic rings. The van der Waals surface area contributed by atoms with Gasteiger partial charge < -0.3 is 0 Å². The fourth-order valence-electron chi connectivity index (χ4n) is 4.69. The summed E-state index contributed by atoms with van der Waals surface area (Å²) >= 11 is 0. The van der Waals surface area contributed by atoms with Gasteiger partial charge in [-0.25, -0.2) is 0 Å². The van der Waals surface area contributed by atoms with Crippen LogP contribution in [0.15, 0.2) is 71.8 Å². The number of imide groups is 1. The van der Waals surface area contributed by atoms with Crippen LogP contribution in [0.3, 0.4) is 0 Å². The van der Waals surface area contributed by atoms with Crippen LogP contribution in [0.25, 0.3) is 0 Å². The lowest BCUT2D eigenvalue weighted by atomic mass is 9.83. The second-order valence-electron chi connectivity index (χ2n) is 8.28. The van der Waals surface area contributed by atoms with Gasteiger partial charge in [-0.15, -0.1) is 0 Å². The van der Waals surface area contributed by atoms with E-state index >= 15 is 0 Å². The highest BCUT2D eigenvalue weighted by Gasteiger charge is 2.40. The molecule has 1 aliphatic carbocycles. The van der Waals surface area contributed by atoms with Crippen LogP contribution in [0.2, 0.25) is 0 Å². The molecule has 0 radical (unpaired) electrons. The molecule has 0 bridgehead atoms. The molecular formula is C26H29NO2. The van der Waals surface area contributed by atoms with Crippen molar-refractivity contribution in [3.63, 3.8) is 0 Å². The highest BCUT2D eigenvalue weighted by atomic mass is 16.2. The molecule has 3 heteroatoms. The predicted octanol–water partition coefficient (Wildman–Crippen LogP) is 5.46. The van der Waals surface area contributed by atoms with Crippen molar-refractivity contribution in [3.05, 3.63) is 82.9 Å². The number of benzene rings is 2. The molecule has 3 nitrogen and oxygen atoms in total. The Labute approximate surface area is 173 Å². The Morgan fingerprint density at radius 2 is 1.24 bits per heavy atom. The van der Waals surface area contributed by atoms with E-state index in [0.717, 1.165) is 48.0 Å². The third-order valence-corrected chi connectivity index (χ3v) is 6.22. The van der Waals surface area contributed by atoms with Crippen LogP contribution in [0, 0.1) is 5.92 Å². The van der Waals surface area contributed by atoms with Crippen molar-refractivity contribution >= 4 is 11.8 Å². The summed E-state index contributed by atoms with van der Waals surface area (Å²) in [5.41, 5.74) is 3.61. The van der Waals surface area contributed by atoms with Gasteiger partial charge in [-0.3, -0.25) is 14.5 Å². The van der Waals surface area contributed by atoms with Crippen molar-refractivity contribution < 1.29 is 9.59 Å². The maximum absolute atomic E-state index is 13.5. The van der Waals surface area contributed by atoms with E-state index < -0.39 is 0 Å². The van der Waals surface area contributed by atoms with Crippen LogP contribution in [0.5, 0.6) is 0 Å². The van der Waals surface area contributed by atoms with Gasteiger partial charge in [0.05, 0.1) is 6.54 Å². The van der Waals surface area contributed by atoms with E-state index in [4.69, 9.17) is 0 Å². The van der Waals surface area contributed by atoms with Crippen molar-refractivity contribution in [1.82, 2.24) is 4.90 Å². The number of amides is 2. The van der Waals surface area contributed by atoms with Crippen LogP contribution in [-0.4, -0.2) is 16.7 Å². The molecule has 0 N–H and O–H groups in total. The van der Waals surface area contributed by atoms with E-state index in [1.165, 1.54) is 24.2 Å². The molecule has 2 amide bonds. The number of carbonyl (C=O) groups excluding carboxylic acids is 2. The minimum absolute atomic E-state index is 0.0599. The molecule has 2 aromatic carbocycles. The molecule has 0 saturated heterocycles. The highest BCUT2D eigenvalue weighted by molar-refractivity contribution is 6.19. The molecule has 0 spiro atoms. The van der Waals surface area contributed by atoms with Gasteiger partial charge in [0.2, 0.25) is 0 Å². The Bertz CT molecular complexity index is 877. The van der Waals surface area contributed by atoms with E-state index in [0.29, 0.717) is 13.0 Å². The second kappa shape index (κ2) is 9.21.